The summed E-state index contributed by atoms with van der Waals surface area (Å²) in [5.41, 5.74) is 0.327. The second-order valence-corrected chi connectivity index (χ2v) is 4.70. The zero-order valence-electron chi connectivity index (χ0n) is 9.32. The average molecular weight is 253 g/mol. The molecule has 0 aliphatic heterocycles. The Morgan fingerprint density at radius 3 is 2.94 bits per heavy atom. The molecule has 0 radical (unpaired) electrons. The van der Waals surface area contributed by atoms with Crippen LogP contribution in [-0.4, -0.2) is 19.6 Å². The number of imidazole rings is 1. The predicted molar refractivity (Wildman–Crippen MR) is 64.4 cm³/mol. The van der Waals surface area contributed by atoms with Crippen LogP contribution in [0.25, 0.3) is 5.52 Å². The summed E-state index contributed by atoms with van der Waals surface area (Å²) in [6.45, 7) is 0. The quantitative estimate of drug-likeness (QED) is 0.830. The summed E-state index contributed by atoms with van der Waals surface area (Å²) in [5, 5.41) is 4.33. The molecule has 17 heavy (non-hydrogen) atoms. The number of alkyl halides is 1. The fraction of sp³-hybridized carbons (Fsp3) is 0.545. The summed E-state index contributed by atoms with van der Waals surface area (Å²) in [7, 11) is 0. The normalized spacial score (nSPS) is 17.0. The highest BCUT2D eigenvalue weighted by Gasteiger charge is 2.22. The number of H-pyrrole nitrogens is 1. The second-order valence-electron chi connectivity index (χ2n) is 4.43. The van der Waals surface area contributed by atoms with Crippen molar-refractivity contribution in [3.05, 3.63) is 28.2 Å². The molecule has 1 N–H and O–H groups in total. The number of hydrogen-bond acceptors (Lipinski definition) is 3. The first kappa shape index (κ1) is 10.8. The molecule has 1 saturated carbocycles. The standard InChI is InChI=1S/C11H13ClN4O/c12-5-9-14-11(17)8-6-13-10(16(8)15-9)7-3-1-2-4-7/h6-7H,1-5H2,(H,14,15,17). The highest BCUT2D eigenvalue weighted by atomic mass is 35.5. The number of aromatic nitrogens is 4. The fourth-order valence-corrected chi connectivity index (χ4v) is 2.60. The van der Waals surface area contributed by atoms with Crippen LogP contribution in [0.3, 0.4) is 0 Å². The van der Waals surface area contributed by atoms with E-state index in [1.807, 2.05) is 0 Å². The van der Waals surface area contributed by atoms with E-state index in [2.05, 4.69) is 15.1 Å². The topological polar surface area (TPSA) is 63.0 Å². The predicted octanol–water partition coefficient (Wildman–Crippen LogP) is 1.81. The van der Waals surface area contributed by atoms with Crippen molar-refractivity contribution in [2.75, 3.05) is 0 Å². The van der Waals surface area contributed by atoms with Gasteiger partial charge >= 0.3 is 0 Å². The van der Waals surface area contributed by atoms with Crippen LogP contribution in [0, 0.1) is 0 Å². The molecule has 5 nitrogen and oxygen atoms in total. The Hall–Kier alpha value is -1.36. The Balaban J connectivity index is 2.19. The van der Waals surface area contributed by atoms with Gasteiger partial charge in [0.15, 0.2) is 5.52 Å². The first-order valence-electron chi connectivity index (χ1n) is 5.82. The highest BCUT2D eigenvalue weighted by Crippen LogP contribution is 2.32. The Morgan fingerprint density at radius 1 is 1.47 bits per heavy atom. The molecule has 6 heteroatoms. The van der Waals surface area contributed by atoms with Crippen molar-refractivity contribution in [2.45, 2.75) is 37.5 Å². The van der Waals surface area contributed by atoms with E-state index >= 15 is 0 Å². The van der Waals surface area contributed by atoms with Crippen LogP contribution in [0.2, 0.25) is 0 Å². The first-order chi connectivity index (χ1) is 8.29. The minimum absolute atomic E-state index is 0.174. The van der Waals surface area contributed by atoms with Crippen LogP contribution in [0.15, 0.2) is 11.0 Å². The van der Waals surface area contributed by atoms with Crippen LogP contribution < -0.4 is 5.56 Å². The van der Waals surface area contributed by atoms with Gasteiger partial charge in [-0.3, -0.25) is 4.79 Å². The highest BCUT2D eigenvalue weighted by molar-refractivity contribution is 6.16. The van der Waals surface area contributed by atoms with Gasteiger partial charge in [0.2, 0.25) is 0 Å². The molecule has 2 aromatic rings. The number of aromatic amines is 1. The van der Waals surface area contributed by atoms with E-state index in [4.69, 9.17) is 11.6 Å². The number of hydrogen-bond donors (Lipinski definition) is 1. The molecule has 0 spiro atoms. The monoisotopic (exact) mass is 252 g/mol. The minimum Gasteiger partial charge on any atom is -0.306 e. The summed E-state index contributed by atoms with van der Waals surface area (Å²) < 4.78 is 1.66. The molecule has 90 valence electrons. The molecule has 1 fully saturated rings. The first-order valence-corrected chi connectivity index (χ1v) is 6.36. The van der Waals surface area contributed by atoms with Crippen molar-refractivity contribution < 1.29 is 0 Å². The van der Waals surface area contributed by atoms with Crippen LogP contribution >= 0.6 is 11.6 Å². The smallest absolute Gasteiger partial charge is 0.276 e. The molecule has 2 heterocycles. The van der Waals surface area contributed by atoms with E-state index in [-0.39, 0.29) is 11.4 Å². The molecule has 0 aromatic carbocycles. The van der Waals surface area contributed by atoms with Gasteiger partial charge in [-0.25, -0.2) is 9.50 Å². The van der Waals surface area contributed by atoms with Gasteiger partial charge < -0.3 is 4.98 Å². The lowest BCUT2D eigenvalue weighted by atomic mass is 10.1. The minimum atomic E-state index is -0.174. The Bertz CT molecular complexity index is 597. The maximum Gasteiger partial charge on any atom is 0.276 e. The van der Waals surface area contributed by atoms with E-state index < -0.39 is 0 Å². The van der Waals surface area contributed by atoms with E-state index in [9.17, 15) is 4.79 Å². The van der Waals surface area contributed by atoms with Gasteiger partial charge in [-0.2, -0.15) is 5.10 Å². The summed E-state index contributed by atoms with van der Waals surface area (Å²) in [4.78, 5) is 18.8. The maximum atomic E-state index is 11.8. The van der Waals surface area contributed by atoms with E-state index in [0.717, 1.165) is 18.7 Å². The van der Waals surface area contributed by atoms with E-state index in [0.29, 0.717) is 17.3 Å². The van der Waals surface area contributed by atoms with Crippen molar-refractivity contribution in [2.24, 2.45) is 0 Å². The van der Waals surface area contributed by atoms with Crippen LogP contribution in [0.4, 0.5) is 0 Å². The molecule has 0 bridgehead atoms. The molecular formula is C11H13ClN4O. The number of fused-ring (bicyclic) bond motifs is 1. The lowest BCUT2D eigenvalue weighted by molar-refractivity contribution is 0.634. The molecule has 0 atom stereocenters. The molecule has 1 aliphatic rings. The van der Waals surface area contributed by atoms with Gasteiger partial charge in [0.25, 0.3) is 5.56 Å². The van der Waals surface area contributed by atoms with E-state index in [1.165, 1.54) is 12.8 Å². The molecule has 0 unspecified atom stereocenters. The summed E-state index contributed by atoms with van der Waals surface area (Å²) >= 11 is 5.71. The summed E-state index contributed by atoms with van der Waals surface area (Å²) in [6.07, 6.45) is 6.31. The Labute approximate surface area is 103 Å². The maximum absolute atomic E-state index is 11.8. The van der Waals surface area contributed by atoms with Gasteiger partial charge in [-0.05, 0) is 12.8 Å². The molecule has 0 amide bonds. The fourth-order valence-electron chi connectivity index (χ4n) is 2.48. The molecule has 3 rings (SSSR count). The average Bonchev–Trinajstić information content (AvgIpc) is 2.96. The molecule has 1 aliphatic carbocycles. The van der Waals surface area contributed by atoms with Crippen LogP contribution in [0.1, 0.15) is 43.3 Å². The van der Waals surface area contributed by atoms with Gasteiger partial charge in [0.1, 0.15) is 11.6 Å². The molecule has 2 aromatic heterocycles. The van der Waals surface area contributed by atoms with Crippen LogP contribution in [0.5, 0.6) is 0 Å². The summed E-state index contributed by atoms with van der Waals surface area (Å²) in [5.74, 6) is 2.01. The lowest BCUT2D eigenvalue weighted by Crippen LogP contribution is -2.16. The molecular weight excluding hydrogens is 240 g/mol. The Kier molecular flexibility index (Phi) is 2.63. The molecule has 0 saturated heterocycles. The summed E-state index contributed by atoms with van der Waals surface area (Å²) in [6, 6.07) is 0. The third-order valence-electron chi connectivity index (χ3n) is 3.32. The number of nitrogens with zero attached hydrogens (tertiary/aromatic N) is 3. The third-order valence-corrected chi connectivity index (χ3v) is 3.58. The largest absolute Gasteiger partial charge is 0.306 e. The van der Waals surface area contributed by atoms with Crippen molar-refractivity contribution >= 4 is 17.1 Å². The number of nitrogens with one attached hydrogen (secondary N) is 1. The van der Waals surface area contributed by atoms with Crippen molar-refractivity contribution in [1.82, 2.24) is 19.6 Å². The lowest BCUT2D eigenvalue weighted by Gasteiger charge is -2.07. The van der Waals surface area contributed by atoms with Crippen molar-refractivity contribution in [1.29, 1.82) is 0 Å². The third kappa shape index (κ3) is 1.74. The van der Waals surface area contributed by atoms with Gasteiger partial charge in [-0.15, -0.1) is 11.6 Å². The SMILES string of the molecule is O=c1[nH]c(CCl)nn2c(C3CCCC3)ncc12. The number of rotatable bonds is 2. The number of halogens is 1. The van der Waals surface area contributed by atoms with Gasteiger partial charge in [-0.1, -0.05) is 12.8 Å². The van der Waals surface area contributed by atoms with Crippen molar-refractivity contribution in [3.63, 3.8) is 0 Å². The van der Waals surface area contributed by atoms with Gasteiger partial charge in [0.05, 0.1) is 12.1 Å². The zero-order chi connectivity index (χ0) is 11.8. The van der Waals surface area contributed by atoms with Crippen molar-refractivity contribution in [3.8, 4) is 0 Å². The van der Waals surface area contributed by atoms with E-state index in [1.54, 1.807) is 10.7 Å². The van der Waals surface area contributed by atoms with Crippen LogP contribution in [-0.2, 0) is 5.88 Å². The second kappa shape index (κ2) is 4.14. The van der Waals surface area contributed by atoms with Gasteiger partial charge in [0, 0.05) is 5.92 Å². The Morgan fingerprint density at radius 2 is 2.24 bits per heavy atom. The zero-order valence-corrected chi connectivity index (χ0v) is 10.1.